The number of morpholine rings is 1. The van der Waals surface area contributed by atoms with Crippen LogP contribution in [0.25, 0.3) is 0 Å². The van der Waals surface area contributed by atoms with Crippen molar-refractivity contribution in [3.63, 3.8) is 0 Å². The zero-order valence-corrected chi connectivity index (χ0v) is 16.2. The second-order valence-corrected chi connectivity index (χ2v) is 10.3. The Morgan fingerprint density at radius 3 is 2.65 bits per heavy atom. The number of nitrogens with zero attached hydrogens (tertiary/aromatic N) is 2. The van der Waals surface area contributed by atoms with Crippen LogP contribution < -0.4 is 0 Å². The Labute approximate surface area is 152 Å². The highest BCUT2D eigenvalue weighted by molar-refractivity contribution is 9.11. The minimum atomic E-state index is -3.47. The zero-order chi connectivity index (χ0) is 16.3. The molecule has 3 heterocycles. The maximum Gasteiger partial charge on any atom is 0.244 e. The Balaban J connectivity index is 1.66. The van der Waals surface area contributed by atoms with Crippen LogP contribution in [0.5, 0.6) is 0 Å². The van der Waals surface area contributed by atoms with Crippen molar-refractivity contribution in [3.05, 3.63) is 39.1 Å². The lowest BCUT2D eigenvalue weighted by atomic mass is 10.5. The second-order valence-electron chi connectivity index (χ2n) is 4.84. The summed E-state index contributed by atoms with van der Waals surface area (Å²) in [5, 5.41) is 0.815. The number of rotatable bonds is 5. The average Bonchev–Trinajstić information content (AvgIpc) is 3.00. The summed E-state index contributed by atoms with van der Waals surface area (Å²) in [4.78, 5) is 5.76. The highest BCUT2D eigenvalue weighted by Crippen LogP contribution is 2.29. The van der Waals surface area contributed by atoms with E-state index >= 15 is 0 Å². The van der Waals surface area contributed by atoms with Crippen molar-refractivity contribution in [2.45, 2.75) is 15.7 Å². The van der Waals surface area contributed by atoms with Crippen LogP contribution in [0.3, 0.4) is 0 Å². The van der Waals surface area contributed by atoms with E-state index in [1.54, 1.807) is 35.2 Å². The lowest BCUT2D eigenvalue weighted by Gasteiger charge is -2.25. The molecule has 0 aliphatic carbocycles. The van der Waals surface area contributed by atoms with Crippen molar-refractivity contribution in [1.82, 2.24) is 9.29 Å². The molecule has 0 bridgehead atoms. The van der Waals surface area contributed by atoms with E-state index in [9.17, 15) is 8.42 Å². The Bertz CT molecular complexity index is 756. The molecule has 0 saturated carbocycles. The molecule has 1 saturated heterocycles. The number of aromatic nitrogens is 1. The predicted molar refractivity (Wildman–Crippen MR) is 95.4 cm³/mol. The van der Waals surface area contributed by atoms with Crippen molar-refractivity contribution in [3.8, 4) is 0 Å². The van der Waals surface area contributed by atoms with Crippen molar-refractivity contribution in [2.75, 3.05) is 26.3 Å². The van der Waals surface area contributed by atoms with E-state index < -0.39 is 10.0 Å². The number of hydrogen-bond donors (Lipinski definition) is 0. The van der Waals surface area contributed by atoms with Crippen LogP contribution in [0.15, 0.2) is 44.2 Å². The average molecular weight is 435 g/mol. The molecule has 0 amide bonds. The fraction of sp³-hybridized carbons (Fsp3) is 0.357. The molecule has 2 aromatic heterocycles. The van der Waals surface area contributed by atoms with Crippen LogP contribution in [0, 0.1) is 0 Å². The van der Waals surface area contributed by atoms with Gasteiger partial charge in [0.05, 0.1) is 22.0 Å². The van der Waals surface area contributed by atoms with Crippen LogP contribution in [0.4, 0.5) is 0 Å². The van der Waals surface area contributed by atoms with Gasteiger partial charge < -0.3 is 4.74 Å². The van der Waals surface area contributed by atoms with Gasteiger partial charge in [0.2, 0.25) is 10.0 Å². The van der Waals surface area contributed by atoms with Crippen LogP contribution in [-0.4, -0.2) is 44.0 Å². The van der Waals surface area contributed by atoms with Gasteiger partial charge in [-0.25, -0.2) is 13.4 Å². The summed E-state index contributed by atoms with van der Waals surface area (Å²) >= 11 is 6.72. The monoisotopic (exact) mass is 434 g/mol. The Morgan fingerprint density at radius 1 is 1.26 bits per heavy atom. The third-order valence-corrected chi connectivity index (χ3v) is 7.99. The predicted octanol–water partition coefficient (Wildman–Crippen LogP) is 3.22. The Morgan fingerprint density at radius 2 is 2.04 bits per heavy atom. The molecule has 0 radical (unpaired) electrons. The molecular weight excluding hydrogens is 420 g/mol. The number of ether oxygens (including phenoxy) is 1. The molecule has 1 aliphatic heterocycles. The molecular formula is C14H15BrN2O3S3. The van der Waals surface area contributed by atoms with Gasteiger partial charge in [0.25, 0.3) is 0 Å². The normalized spacial score (nSPS) is 16.6. The Hall–Kier alpha value is -0.450. The lowest BCUT2D eigenvalue weighted by Crippen LogP contribution is -2.40. The molecule has 0 spiro atoms. The van der Waals surface area contributed by atoms with Gasteiger partial charge in [-0.15, -0.1) is 23.1 Å². The minimum Gasteiger partial charge on any atom is -0.379 e. The van der Waals surface area contributed by atoms with Crippen LogP contribution in [0.2, 0.25) is 0 Å². The third kappa shape index (κ3) is 4.34. The highest BCUT2D eigenvalue weighted by Gasteiger charge is 2.26. The van der Waals surface area contributed by atoms with Gasteiger partial charge >= 0.3 is 0 Å². The zero-order valence-electron chi connectivity index (χ0n) is 12.1. The molecule has 1 aliphatic rings. The molecule has 23 heavy (non-hydrogen) atoms. The number of thioether (sulfide) groups is 1. The lowest BCUT2D eigenvalue weighted by molar-refractivity contribution is 0.0730. The summed E-state index contributed by atoms with van der Waals surface area (Å²) in [6, 6.07) is 7.48. The van der Waals surface area contributed by atoms with Crippen LogP contribution >= 0.6 is 39.0 Å². The highest BCUT2D eigenvalue weighted by atomic mass is 79.9. The van der Waals surface area contributed by atoms with Crippen molar-refractivity contribution < 1.29 is 13.2 Å². The standard InChI is InChI=1S/C14H15BrN2O3S3/c15-13-3-1-11(22-13)10-21-14-4-2-12(9-16-14)23(18,19)17-5-7-20-8-6-17/h1-4,9H,5-8,10H2. The summed E-state index contributed by atoms with van der Waals surface area (Å²) in [7, 11) is -3.47. The van der Waals surface area contributed by atoms with Crippen molar-refractivity contribution in [2.24, 2.45) is 0 Å². The van der Waals surface area contributed by atoms with Gasteiger partial charge in [-0.05, 0) is 40.2 Å². The molecule has 2 aromatic rings. The fourth-order valence-corrected chi connectivity index (χ4v) is 5.84. The van der Waals surface area contributed by atoms with Crippen LogP contribution in [0.1, 0.15) is 4.88 Å². The SMILES string of the molecule is O=S(=O)(c1ccc(SCc2ccc(Br)s2)nc1)N1CCOCC1. The smallest absolute Gasteiger partial charge is 0.244 e. The maximum absolute atomic E-state index is 12.5. The molecule has 0 aromatic carbocycles. The number of thiophene rings is 1. The fourth-order valence-electron chi connectivity index (χ4n) is 2.12. The van der Waals surface area contributed by atoms with E-state index in [0.29, 0.717) is 26.3 Å². The first-order valence-corrected chi connectivity index (χ1v) is 11.0. The Kier molecular flexibility index (Phi) is 5.76. The van der Waals surface area contributed by atoms with Gasteiger partial charge in [-0.1, -0.05) is 0 Å². The summed E-state index contributed by atoms with van der Waals surface area (Å²) in [5.74, 6) is 0.818. The van der Waals surface area contributed by atoms with Gasteiger partial charge in [0.1, 0.15) is 4.90 Å². The quantitative estimate of drug-likeness (QED) is 0.675. The minimum absolute atomic E-state index is 0.239. The number of hydrogen-bond acceptors (Lipinski definition) is 6. The molecule has 5 nitrogen and oxygen atoms in total. The summed E-state index contributed by atoms with van der Waals surface area (Å²) in [6.07, 6.45) is 1.44. The topological polar surface area (TPSA) is 59.5 Å². The number of sulfonamides is 1. The molecule has 1 fully saturated rings. The van der Waals surface area contributed by atoms with Gasteiger partial charge in [0.15, 0.2) is 0 Å². The second kappa shape index (κ2) is 7.62. The largest absolute Gasteiger partial charge is 0.379 e. The van der Waals surface area contributed by atoms with Gasteiger partial charge in [0, 0.05) is 29.9 Å². The number of pyridine rings is 1. The molecule has 124 valence electrons. The first-order chi connectivity index (χ1) is 11.1. The first kappa shape index (κ1) is 17.4. The summed E-state index contributed by atoms with van der Waals surface area (Å²) in [5.41, 5.74) is 0. The summed E-state index contributed by atoms with van der Waals surface area (Å²) in [6.45, 7) is 1.67. The van der Waals surface area contributed by atoms with Gasteiger partial charge in [-0.2, -0.15) is 4.31 Å². The van der Waals surface area contributed by atoms with E-state index in [1.807, 2.05) is 6.07 Å². The van der Waals surface area contributed by atoms with E-state index in [0.717, 1.165) is 14.6 Å². The van der Waals surface area contributed by atoms with E-state index in [-0.39, 0.29) is 4.90 Å². The molecule has 3 rings (SSSR count). The van der Waals surface area contributed by atoms with Crippen LogP contribution in [-0.2, 0) is 20.5 Å². The molecule has 0 N–H and O–H groups in total. The summed E-state index contributed by atoms with van der Waals surface area (Å²) < 4.78 is 32.8. The molecule has 0 atom stereocenters. The third-order valence-electron chi connectivity index (χ3n) is 3.31. The van der Waals surface area contributed by atoms with Gasteiger partial charge in [-0.3, -0.25) is 0 Å². The van der Waals surface area contributed by atoms with Crippen molar-refractivity contribution >= 4 is 49.1 Å². The number of halogens is 1. The maximum atomic E-state index is 12.5. The molecule has 0 unspecified atom stereocenters. The van der Waals surface area contributed by atoms with E-state index in [2.05, 4.69) is 27.0 Å². The molecule has 9 heteroatoms. The van der Waals surface area contributed by atoms with E-state index in [4.69, 9.17) is 4.74 Å². The first-order valence-electron chi connectivity index (χ1n) is 6.97. The van der Waals surface area contributed by atoms with Crippen molar-refractivity contribution in [1.29, 1.82) is 0 Å². The van der Waals surface area contributed by atoms with E-state index in [1.165, 1.54) is 15.4 Å².